The van der Waals surface area contributed by atoms with Crippen molar-refractivity contribution in [1.82, 2.24) is 9.97 Å². The minimum atomic E-state index is 0.0607. The number of hydrazine groups is 1. The lowest BCUT2D eigenvalue weighted by Gasteiger charge is -2.29. The van der Waals surface area contributed by atoms with Crippen LogP contribution in [0.2, 0.25) is 0 Å². The zero-order valence-electron chi connectivity index (χ0n) is 11.2. The highest BCUT2D eigenvalue weighted by molar-refractivity contribution is 5.48. The van der Waals surface area contributed by atoms with Gasteiger partial charge in [-0.05, 0) is 19.8 Å². The highest BCUT2D eigenvalue weighted by atomic mass is 15.3. The number of nitrogens with two attached hydrogens (primary N) is 1. The van der Waals surface area contributed by atoms with E-state index in [9.17, 15) is 0 Å². The molecular weight excluding hydrogens is 214 g/mol. The molecule has 0 spiro atoms. The predicted octanol–water partition coefficient (Wildman–Crippen LogP) is 2.32. The molecule has 0 bridgehead atoms. The van der Waals surface area contributed by atoms with Gasteiger partial charge in [-0.2, -0.15) is 0 Å². The SMILES string of the molecule is CCc1nc(NN)cc(NC(C)(CC)CC)n1. The van der Waals surface area contributed by atoms with E-state index in [1.54, 1.807) is 0 Å². The van der Waals surface area contributed by atoms with Gasteiger partial charge in [0.1, 0.15) is 17.5 Å². The summed E-state index contributed by atoms with van der Waals surface area (Å²) in [6.07, 6.45) is 2.87. The van der Waals surface area contributed by atoms with Gasteiger partial charge < -0.3 is 10.7 Å². The van der Waals surface area contributed by atoms with Crippen molar-refractivity contribution in [3.63, 3.8) is 0 Å². The van der Waals surface area contributed by atoms with Gasteiger partial charge in [0.25, 0.3) is 0 Å². The lowest BCUT2D eigenvalue weighted by atomic mass is 9.96. The first-order valence-corrected chi connectivity index (χ1v) is 6.19. The fourth-order valence-electron chi connectivity index (χ4n) is 1.53. The van der Waals surface area contributed by atoms with Crippen LogP contribution in [-0.4, -0.2) is 15.5 Å². The molecule has 4 N–H and O–H groups in total. The second-order valence-corrected chi connectivity index (χ2v) is 4.45. The molecule has 0 atom stereocenters. The standard InChI is InChI=1S/C12H23N5/c1-5-9-14-10(8-11(15-9)17-13)16-12(4,6-2)7-3/h8H,5-7,13H2,1-4H3,(H2,14,15,16,17). The number of nitrogens with zero attached hydrogens (tertiary/aromatic N) is 2. The van der Waals surface area contributed by atoms with Crippen molar-refractivity contribution in [3.8, 4) is 0 Å². The molecule has 17 heavy (non-hydrogen) atoms. The fraction of sp³-hybridized carbons (Fsp3) is 0.667. The van der Waals surface area contributed by atoms with Crippen LogP contribution in [-0.2, 0) is 6.42 Å². The van der Waals surface area contributed by atoms with E-state index in [-0.39, 0.29) is 5.54 Å². The van der Waals surface area contributed by atoms with E-state index < -0.39 is 0 Å². The van der Waals surface area contributed by atoms with Crippen molar-refractivity contribution in [3.05, 3.63) is 11.9 Å². The third kappa shape index (κ3) is 3.56. The summed E-state index contributed by atoms with van der Waals surface area (Å²) >= 11 is 0. The van der Waals surface area contributed by atoms with Gasteiger partial charge >= 0.3 is 0 Å². The van der Waals surface area contributed by atoms with Crippen LogP contribution in [0.3, 0.4) is 0 Å². The number of rotatable bonds is 6. The van der Waals surface area contributed by atoms with E-state index in [0.29, 0.717) is 5.82 Å². The molecule has 0 amide bonds. The molecular formula is C12H23N5. The van der Waals surface area contributed by atoms with Crippen LogP contribution in [0.15, 0.2) is 6.07 Å². The lowest BCUT2D eigenvalue weighted by Crippen LogP contribution is -2.33. The normalized spacial score (nSPS) is 11.4. The Hall–Kier alpha value is -1.36. The summed E-state index contributed by atoms with van der Waals surface area (Å²) in [5, 5.41) is 3.46. The Morgan fingerprint density at radius 2 is 1.76 bits per heavy atom. The molecule has 0 saturated carbocycles. The van der Waals surface area contributed by atoms with Crippen LogP contribution in [0, 0.1) is 0 Å². The summed E-state index contributed by atoms with van der Waals surface area (Å²) in [6.45, 7) is 8.55. The van der Waals surface area contributed by atoms with E-state index in [0.717, 1.165) is 30.9 Å². The molecule has 0 fully saturated rings. The average molecular weight is 237 g/mol. The third-order valence-electron chi connectivity index (χ3n) is 3.23. The van der Waals surface area contributed by atoms with Crippen molar-refractivity contribution >= 4 is 11.6 Å². The zero-order valence-corrected chi connectivity index (χ0v) is 11.2. The molecule has 0 aromatic carbocycles. The highest BCUT2D eigenvalue weighted by Crippen LogP contribution is 2.21. The van der Waals surface area contributed by atoms with E-state index in [4.69, 9.17) is 5.84 Å². The maximum atomic E-state index is 5.40. The number of hydrogen-bond acceptors (Lipinski definition) is 5. The number of nitrogens with one attached hydrogen (secondary N) is 2. The van der Waals surface area contributed by atoms with Crippen molar-refractivity contribution in [2.24, 2.45) is 5.84 Å². The quantitative estimate of drug-likeness (QED) is 0.523. The maximum Gasteiger partial charge on any atom is 0.145 e. The third-order valence-corrected chi connectivity index (χ3v) is 3.23. The first kappa shape index (κ1) is 13.7. The maximum absolute atomic E-state index is 5.40. The number of anilines is 2. The Bertz CT molecular complexity index is 338. The summed E-state index contributed by atoms with van der Waals surface area (Å²) in [5.41, 5.74) is 2.63. The number of hydrogen-bond donors (Lipinski definition) is 3. The van der Waals surface area contributed by atoms with Gasteiger partial charge in [-0.3, -0.25) is 0 Å². The number of aromatic nitrogens is 2. The smallest absolute Gasteiger partial charge is 0.145 e. The summed E-state index contributed by atoms with van der Waals surface area (Å²) < 4.78 is 0. The van der Waals surface area contributed by atoms with Crippen LogP contribution in [0.1, 0.15) is 46.4 Å². The molecule has 5 nitrogen and oxygen atoms in total. The molecule has 1 aromatic heterocycles. The number of aryl methyl sites for hydroxylation is 1. The minimum Gasteiger partial charge on any atom is -0.365 e. The molecule has 1 heterocycles. The van der Waals surface area contributed by atoms with E-state index >= 15 is 0 Å². The summed E-state index contributed by atoms with van der Waals surface area (Å²) in [7, 11) is 0. The first-order valence-electron chi connectivity index (χ1n) is 6.19. The number of nitrogen functional groups attached to an aromatic ring is 1. The van der Waals surface area contributed by atoms with Crippen LogP contribution in [0.5, 0.6) is 0 Å². The largest absolute Gasteiger partial charge is 0.365 e. The Labute approximate surface area is 103 Å². The fourth-order valence-corrected chi connectivity index (χ4v) is 1.53. The molecule has 0 aliphatic carbocycles. The van der Waals surface area contributed by atoms with Crippen LogP contribution in [0.25, 0.3) is 0 Å². The van der Waals surface area contributed by atoms with Crippen molar-refractivity contribution < 1.29 is 0 Å². The lowest BCUT2D eigenvalue weighted by molar-refractivity contribution is 0.476. The Kier molecular flexibility index (Phi) is 4.69. The molecule has 1 aromatic rings. The van der Waals surface area contributed by atoms with Crippen molar-refractivity contribution in [1.29, 1.82) is 0 Å². The summed E-state index contributed by atoms with van der Waals surface area (Å²) in [5.74, 6) is 7.67. The topological polar surface area (TPSA) is 75.9 Å². The van der Waals surface area contributed by atoms with Gasteiger partial charge in [0.05, 0.1) is 0 Å². The highest BCUT2D eigenvalue weighted by Gasteiger charge is 2.20. The van der Waals surface area contributed by atoms with E-state index in [2.05, 4.69) is 41.5 Å². The van der Waals surface area contributed by atoms with Gasteiger partial charge in [0.2, 0.25) is 0 Å². The first-order chi connectivity index (χ1) is 8.06. The summed E-state index contributed by atoms with van der Waals surface area (Å²) in [4.78, 5) is 8.73. The van der Waals surface area contributed by atoms with Gasteiger partial charge in [0, 0.05) is 18.0 Å². The molecule has 0 radical (unpaired) electrons. The second-order valence-electron chi connectivity index (χ2n) is 4.45. The molecule has 1 rings (SSSR count). The Morgan fingerprint density at radius 3 is 2.24 bits per heavy atom. The van der Waals surface area contributed by atoms with Crippen molar-refractivity contribution in [2.45, 2.75) is 52.5 Å². The average Bonchev–Trinajstić information content (AvgIpc) is 2.37. The molecule has 0 aliphatic rings. The van der Waals surface area contributed by atoms with E-state index in [1.807, 2.05) is 13.0 Å². The Balaban J connectivity index is 2.97. The zero-order chi connectivity index (χ0) is 12.9. The van der Waals surface area contributed by atoms with Crippen molar-refractivity contribution in [2.75, 3.05) is 10.7 Å². The Morgan fingerprint density at radius 1 is 1.18 bits per heavy atom. The molecule has 0 aliphatic heterocycles. The monoisotopic (exact) mass is 237 g/mol. The van der Waals surface area contributed by atoms with Crippen LogP contribution >= 0.6 is 0 Å². The van der Waals surface area contributed by atoms with E-state index in [1.165, 1.54) is 0 Å². The predicted molar refractivity (Wildman–Crippen MR) is 71.8 cm³/mol. The van der Waals surface area contributed by atoms with Crippen LogP contribution < -0.4 is 16.6 Å². The molecule has 5 heteroatoms. The van der Waals surface area contributed by atoms with Gasteiger partial charge in [0.15, 0.2) is 0 Å². The summed E-state index contributed by atoms with van der Waals surface area (Å²) in [6, 6.07) is 1.84. The van der Waals surface area contributed by atoms with Gasteiger partial charge in [-0.25, -0.2) is 15.8 Å². The van der Waals surface area contributed by atoms with Gasteiger partial charge in [-0.15, -0.1) is 0 Å². The molecule has 0 unspecified atom stereocenters. The minimum absolute atomic E-state index is 0.0607. The second kappa shape index (κ2) is 5.82. The molecule has 96 valence electrons. The van der Waals surface area contributed by atoms with Crippen LogP contribution in [0.4, 0.5) is 11.6 Å². The van der Waals surface area contributed by atoms with Gasteiger partial charge in [-0.1, -0.05) is 20.8 Å². The molecule has 0 saturated heterocycles.